The number of benzene rings is 1. The summed E-state index contributed by atoms with van der Waals surface area (Å²) in [5.41, 5.74) is 2.38. The fourth-order valence-electron chi connectivity index (χ4n) is 4.15. The minimum atomic E-state index is -0.0906. The van der Waals surface area contributed by atoms with E-state index >= 15 is 0 Å². The Morgan fingerprint density at radius 1 is 1.03 bits per heavy atom. The van der Waals surface area contributed by atoms with Gasteiger partial charge in [0.15, 0.2) is 0 Å². The van der Waals surface area contributed by atoms with Crippen molar-refractivity contribution in [1.82, 2.24) is 29.3 Å². The monoisotopic (exact) mass is 460 g/mol. The van der Waals surface area contributed by atoms with Crippen LogP contribution in [0, 0.1) is 6.92 Å². The molecule has 0 aliphatic rings. The normalized spacial score (nSPS) is 12.6. The maximum atomic E-state index is 13.5. The van der Waals surface area contributed by atoms with Gasteiger partial charge in [-0.25, -0.2) is 9.97 Å². The molecule has 34 heavy (non-hydrogen) atoms. The van der Waals surface area contributed by atoms with Gasteiger partial charge in [-0.1, -0.05) is 37.3 Å². The van der Waals surface area contributed by atoms with Crippen LogP contribution >= 0.6 is 0 Å². The SMILES string of the molecule is CCC(c1nc2occc2c(=O)n1Cc1ccccc1)N(CCN(C)C)Cc1cnc(C)nc1. The van der Waals surface area contributed by atoms with E-state index < -0.39 is 0 Å². The van der Waals surface area contributed by atoms with Crippen molar-refractivity contribution in [2.45, 2.75) is 39.4 Å². The largest absolute Gasteiger partial charge is 0.446 e. The van der Waals surface area contributed by atoms with E-state index in [0.717, 1.165) is 36.5 Å². The summed E-state index contributed by atoms with van der Waals surface area (Å²) in [5.74, 6) is 1.46. The molecule has 0 aliphatic carbocycles. The molecule has 1 atom stereocenters. The van der Waals surface area contributed by atoms with Crippen molar-refractivity contribution in [3.63, 3.8) is 0 Å². The zero-order chi connectivity index (χ0) is 24.1. The highest BCUT2D eigenvalue weighted by Crippen LogP contribution is 2.26. The second kappa shape index (κ2) is 10.7. The molecule has 0 aliphatic heterocycles. The van der Waals surface area contributed by atoms with Crippen LogP contribution in [-0.2, 0) is 13.1 Å². The van der Waals surface area contributed by atoms with E-state index in [2.05, 4.69) is 40.8 Å². The fraction of sp³-hybridized carbons (Fsp3) is 0.385. The Bertz CT molecular complexity index is 1260. The van der Waals surface area contributed by atoms with Gasteiger partial charge in [0.05, 0.1) is 18.8 Å². The molecule has 3 heterocycles. The second-order valence-electron chi connectivity index (χ2n) is 8.82. The highest BCUT2D eigenvalue weighted by molar-refractivity contribution is 5.71. The Morgan fingerprint density at radius 2 is 1.76 bits per heavy atom. The number of hydrogen-bond donors (Lipinski definition) is 0. The van der Waals surface area contributed by atoms with Gasteiger partial charge in [0.25, 0.3) is 5.56 Å². The lowest BCUT2D eigenvalue weighted by Crippen LogP contribution is -2.38. The molecule has 4 rings (SSSR count). The van der Waals surface area contributed by atoms with Gasteiger partial charge in [-0.05, 0) is 39.1 Å². The highest BCUT2D eigenvalue weighted by atomic mass is 16.3. The van der Waals surface area contributed by atoms with Gasteiger partial charge in [0, 0.05) is 37.6 Å². The first kappa shape index (κ1) is 23.8. The van der Waals surface area contributed by atoms with Crippen LogP contribution in [0.4, 0.5) is 0 Å². The Morgan fingerprint density at radius 3 is 2.44 bits per heavy atom. The van der Waals surface area contributed by atoms with Crippen LogP contribution in [0.3, 0.4) is 0 Å². The Hall–Kier alpha value is -3.36. The summed E-state index contributed by atoms with van der Waals surface area (Å²) in [6.45, 7) is 6.79. The minimum absolute atomic E-state index is 0.0812. The van der Waals surface area contributed by atoms with Crippen molar-refractivity contribution in [3.05, 3.63) is 88.2 Å². The molecule has 8 heteroatoms. The molecule has 0 saturated heterocycles. The van der Waals surface area contributed by atoms with Crippen molar-refractivity contribution in [1.29, 1.82) is 0 Å². The summed E-state index contributed by atoms with van der Waals surface area (Å²) < 4.78 is 7.38. The van der Waals surface area contributed by atoms with E-state index in [1.54, 1.807) is 10.6 Å². The topological polar surface area (TPSA) is 80.3 Å². The number of aromatic nitrogens is 4. The van der Waals surface area contributed by atoms with Gasteiger partial charge in [0.1, 0.15) is 17.0 Å². The summed E-state index contributed by atoms with van der Waals surface area (Å²) in [6, 6.07) is 11.6. The van der Waals surface area contributed by atoms with E-state index in [0.29, 0.717) is 30.0 Å². The molecule has 178 valence electrons. The predicted molar refractivity (Wildman–Crippen MR) is 133 cm³/mol. The number of furan rings is 1. The minimum Gasteiger partial charge on any atom is -0.446 e. The van der Waals surface area contributed by atoms with Crippen LogP contribution in [-0.4, -0.2) is 56.5 Å². The maximum absolute atomic E-state index is 13.5. The molecule has 1 unspecified atom stereocenters. The molecule has 8 nitrogen and oxygen atoms in total. The number of fused-ring (bicyclic) bond motifs is 1. The zero-order valence-electron chi connectivity index (χ0n) is 20.3. The smallest absolute Gasteiger partial charge is 0.265 e. The molecular weight excluding hydrogens is 428 g/mol. The number of rotatable bonds is 10. The molecule has 1 aromatic carbocycles. The third-order valence-corrected chi connectivity index (χ3v) is 5.98. The van der Waals surface area contributed by atoms with Crippen LogP contribution < -0.4 is 5.56 Å². The molecule has 3 aromatic heterocycles. The highest BCUT2D eigenvalue weighted by Gasteiger charge is 2.26. The maximum Gasteiger partial charge on any atom is 0.265 e. The van der Waals surface area contributed by atoms with Crippen LogP contribution in [0.25, 0.3) is 11.1 Å². The quantitative estimate of drug-likeness (QED) is 0.357. The van der Waals surface area contributed by atoms with Gasteiger partial charge in [-0.15, -0.1) is 0 Å². The van der Waals surface area contributed by atoms with E-state index in [9.17, 15) is 4.79 Å². The van der Waals surface area contributed by atoms with Crippen LogP contribution in [0.2, 0.25) is 0 Å². The average Bonchev–Trinajstić information content (AvgIpc) is 3.31. The predicted octanol–water partition coefficient (Wildman–Crippen LogP) is 3.65. The Balaban J connectivity index is 1.79. The van der Waals surface area contributed by atoms with Gasteiger partial charge in [0.2, 0.25) is 5.71 Å². The van der Waals surface area contributed by atoms with E-state index in [1.165, 1.54) is 6.26 Å². The van der Waals surface area contributed by atoms with E-state index in [4.69, 9.17) is 9.40 Å². The summed E-state index contributed by atoms with van der Waals surface area (Å²) in [6.07, 6.45) is 6.06. The molecule has 0 spiro atoms. The molecule has 4 aromatic rings. The molecule has 0 fully saturated rings. The van der Waals surface area contributed by atoms with Crippen molar-refractivity contribution < 1.29 is 4.42 Å². The van der Waals surface area contributed by atoms with Gasteiger partial charge < -0.3 is 9.32 Å². The fourth-order valence-corrected chi connectivity index (χ4v) is 4.15. The number of nitrogens with zero attached hydrogens (tertiary/aromatic N) is 6. The molecule has 0 amide bonds. The van der Waals surface area contributed by atoms with Crippen molar-refractivity contribution in [3.8, 4) is 0 Å². The van der Waals surface area contributed by atoms with Crippen molar-refractivity contribution >= 4 is 11.1 Å². The zero-order valence-corrected chi connectivity index (χ0v) is 20.3. The van der Waals surface area contributed by atoms with Crippen LogP contribution in [0.15, 0.2) is 64.3 Å². The first-order valence-corrected chi connectivity index (χ1v) is 11.6. The standard InChI is InChI=1S/C26H32N6O2/c1-5-23(31(13-12-30(3)4)17-21-15-27-19(2)28-16-21)24-29-25-22(11-14-34-25)26(33)32(24)18-20-9-7-6-8-10-20/h6-11,14-16,23H,5,12-13,17-18H2,1-4H3. The third-order valence-electron chi connectivity index (χ3n) is 5.98. The average molecular weight is 461 g/mol. The first-order valence-electron chi connectivity index (χ1n) is 11.6. The van der Waals surface area contributed by atoms with Gasteiger partial charge in [-0.3, -0.25) is 14.3 Å². The Labute approximate surface area is 199 Å². The van der Waals surface area contributed by atoms with Crippen molar-refractivity contribution in [2.24, 2.45) is 0 Å². The third kappa shape index (κ3) is 5.40. The number of hydrogen-bond acceptors (Lipinski definition) is 7. The van der Waals surface area contributed by atoms with Crippen LogP contribution in [0.1, 0.15) is 42.2 Å². The molecular formula is C26H32N6O2. The first-order chi connectivity index (χ1) is 16.5. The van der Waals surface area contributed by atoms with Crippen molar-refractivity contribution in [2.75, 3.05) is 27.2 Å². The Kier molecular flexibility index (Phi) is 7.49. The van der Waals surface area contributed by atoms with E-state index in [1.807, 2.05) is 49.6 Å². The number of aryl methyl sites for hydroxylation is 1. The van der Waals surface area contributed by atoms with Gasteiger partial charge >= 0.3 is 0 Å². The number of likely N-dealkylation sites (N-methyl/N-ethyl adjacent to an activating group) is 1. The summed E-state index contributed by atoms with van der Waals surface area (Å²) in [5, 5.41) is 0.501. The summed E-state index contributed by atoms with van der Waals surface area (Å²) in [7, 11) is 4.12. The lowest BCUT2D eigenvalue weighted by atomic mass is 10.1. The molecule has 0 saturated carbocycles. The molecule has 0 radical (unpaired) electrons. The lowest BCUT2D eigenvalue weighted by molar-refractivity contribution is 0.155. The summed E-state index contributed by atoms with van der Waals surface area (Å²) >= 11 is 0. The van der Waals surface area contributed by atoms with Gasteiger partial charge in [-0.2, -0.15) is 4.98 Å². The van der Waals surface area contributed by atoms with E-state index in [-0.39, 0.29) is 11.6 Å². The summed E-state index contributed by atoms with van der Waals surface area (Å²) in [4.78, 5) is 31.7. The lowest BCUT2D eigenvalue weighted by Gasteiger charge is -2.32. The second-order valence-corrected chi connectivity index (χ2v) is 8.82. The van der Waals surface area contributed by atoms with Crippen LogP contribution in [0.5, 0.6) is 0 Å². The molecule has 0 bridgehead atoms. The molecule has 0 N–H and O–H groups in total.